The van der Waals surface area contributed by atoms with Crippen molar-refractivity contribution >= 4 is 5.91 Å². The smallest absolute Gasteiger partial charge is 0.248 e. The summed E-state index contributed by atoms with van der Waals surface area (Å²) < 4.78 is 7.13. The molecule has 122 valence electrons. The number of benzene rings is 1. The van der Waals surface area contributed by atoms with Crippen molar-refractivity contribution in [1.29, 1.82) is 0 Å². The molecule has 2 aromatic rings. The molecule has 0 radical (unpaired) electrons. The van der Waals surface area contributed by atoms with E-state index in [0.29, 0.717) is 12.5 Å². The molecular weight excluding hydrogens is 290 g/mol. The summed E-state index contributed by atoms with van der Waals surface area (Å²) in [6.07, 6.45) is 6.03. The van der Waals surface area contributed by atoms with Crippen molar-refractivity contribution in [2.24, 2.45) is 0 Å². The van der Waals surface area contributed by atoms with Crippen LogP contribution in [0.25, 0.3) is 5.69 Å². The van der Waals surface area contributed by atoms with Crippen LogP contribution in [0.1, 0.15) is 31.2 Å². The van der Waals surface area contributed by atoms with Crippen LogP contribution in [0.4, 0.5) is 0 Å². The predicted octanol–water partition coefficient (Wildman–Crippen LogP) is 2.61. The van der Waals surface area contributed by atoms with Gasteiger partial charge in [-0.1, -0.05) is 18.2 Å². The van der Waals surface area contributed by atoms with Gasteiger partial charge in [0, 0.05) is 25.9 Å². The summed E-state index contributed by atoms with van der Waals surface area (Å²) in [7, 11) is 0. The molecule has 0 atom stereocenters. The molecule has 0 N–H and O–H groups in total. The first-order chi connectivity index (χ1) is 11.3. The van der Waals surface area contributed by atoms with Gasteiger partial charge in [0.05, 0.1) is 11.9 Å². The van der Waals surface area contributed by atoms with E-state index in [1.54, 1.807) is 0 Å². The molecule has 1 aliphatic heterocycles. The van der Waals surface area contributed by atoms with E-state index >= 15 is 0 Å². The largest absolute Gasteiger partial charge is 0.372 e. The number of carbonyl (C=O) groups excluding carboxylic acids is 1. The van der Waals surface area contributed by atoms with Gasteiger partial charge in [-0.2, -0.15) is 5.10 Å². The van der Waals surface area contributed by atoms with Crippen LogP contribution in [0.2, 0.25) is 0 Å². The molecule has 1 aromatic heterocycles. The summed E-state index contributed by atoms with van der Waals surface area (Å²) in [6, 6.07) is 10.1. The average molecular weight is 313 g/mol. The molecule has 0 aliphatic carbocycles. The number of rotatable bonds is 5. The molecule has 1 amide bonds. The van der Waals surface area contributed by atoms with Gasteiger partial charge in [-0.25, -0.2) is 4.68 Å². The molecule has 3 rings (SSSR count). The molecule has 0 saturated carbocycles. The van der Waals surface area contributed by atoms with Gasteiger partial charge in [0.2, 0.25) is 5.91 Å². The Morgan fingerprint density at radius 3 is 2.70 bits per heavy atom. The zero-order valence-corrected chi connectivity index (χ0v) is 13.5. The highest BCUT2D eigenvalue weighted by Crippen LogP contribution is 2.28. The molecule has 0 unspecified atom stereocenters. The van der Waals surface area contributed by atoms with E-state index in [1.807, 2.05) is 53.0 Å². The van der Waals surface area contributed by atoms with Gasteiger partial charge >= 0.3 is 0 Å². The van der Waals surface area contributed by atoms with Crippen LogP contribution in [0.3, 0.4) is 0 Å². The number of ether oxygens (including phenoxy) is 1. The van der Waals surface area contributed by atoms with E-state index in [1.165, 1.54) is 5.56 Å². The average Bonchev–Trinajstić information content (AvgIpc) is 3.11. The second-order valence-corrected chi connectivity index (χ2v) is 5.85. The minimum atomic E-state index is 0.102. The van der Waals surface area contributed by atoms with Crippen molar-refractivity contribution in [1.82, 2.24) is 14.7 Å². The predicted molar refractivity (Wildman–Crippen MR) is 88.6 cm³/mol. The minimum absolute atomic E-state index is 0.102. The Morgan fingerprint density at radius 2 is 2.00 bits per heavy atom. The highest BCUT2D eigenvalue weighted by molar-refractivity contribution is 5.77. The highest BCUT2D eigenvalue weighted by atomic mass is 16.5. The second-order valence-electron chi connectivity index (χ2n) is 5.85. The number of piperidine rings is 1. The van der Waals surface area contributed by atoms with Crippen LogP contribution in [-0.2, 0) is 9.53 Å². The third-order valence-corrected chi connectivity index (χ3v) is 4.37. The van der Waals surface area contributed by atoms with Gasteiger partial charge in [0.15, 0.2) is 0 Å². The lowest BCUT2D eigenvalue weighted by Gasteiger charge is -2.31. The number of nitrogens with zero attached hydrogens (tertiary/aromatic N) is 3. The number of hydrogen-bond donors (Lipinski definition) is 0. The molecule has 1 saturated heterocycles. The maximum atomic E-state index is 12.0. The summed E-state index contributed by atoms with van der Waals surface area (Å²) in [5.41, 5.74) is 2.33. The minimum Gasteiger partial charge on any atom is -0.372 e. The quantitative estimate of drug-likeness (QED) is 0.852. The Hall–Kier alpha value is -2.14. The van der Waals surface area contributed by atoms with Gasteiger partial charge in [-0.15, -0.1) is 0 Å². The Labute approximate surface area is 136 Å². The number of aromatic nitrogens is 2. The fourth-order valence-corrected chi connectivity index (χ4v) is 3.01. The fraction of sp³-hybridized carbons (Fsp3) is 0.444. The van der Waals surface area contributed by atoms with Crippen LogP contribution in [-0.4, -0.2) is 46.9 Å². The molecule has 5 nitrogen and oxygen atoms in total. The summed E-state index contributed by atoms with van der Waals surface area (Å²) >= 11 is 0. The van der Waals surface area contributed by atoms with E-state index < -0.39 is 0 Å². The zero-order chi connectivity index (χ0) is 16.1. The Bertz CT molecular complexity index is 631. The standard InChI is InChI=1S/C18H23N3O2/c1-2-23-14-18(22)20-10-8-15(9-11-20)16-12-19-21(13-16)17-6-4-3-5-7-17/h3-7,12-13,15H,2,8-11,14H2,1H3. The molecule has 1 aromatic carbocycles. The maximum Gasteiger partial charge on any atom is 0.248 e. The lowest BCUT2D eigenvalue weighted by Crippen LogP contribution is -2.39. The normalized spacial score (nSPS) is 15.8. The van der Waals surface area contributed by atoms with Crippen molar-refractivity contribution in [2.75, 3.05) is 26.3 Å². The number of hydrogen-bond acceptors (Lipinski definition) is 3. The Kier molecular flexibility index (Phi) is 5.08. The van der Waals surface area contributed by atoms with Crippen molar-refractivity contribution in [2.45, 2.75) is 25.7 Å². The lowest BCUT2D eigenvalue weighted by molar-refractivity contribution is -0.137. The van der Waals surface area contributed by atoms with Crippen molar-refractivity contribution in [3.63, 3.8) is 0 Å². The van der Waals surface area contributed by atoms with Crippen molar-refractivity contribution in [3.8, 4) is 5.69 Å². The monoisotopic (exact) mass is 313 g/mol. The summed E-state index contributed by atoms with van der Waals surface area (Å²) in [6.45, 7) is 4.29. The van der Waals surface area contributed by atoms with E-state index in [2.05, 4.69) is 11.3 Å². The van der Waals surface area contributed by atoms with E-state index in [-0.39, 0.29) is 12.5 Å². The number of carbonyl (C=O) groups is 1. The van der Waals surface area contributed by atoms with Gasteiger partial charge in [0.25, 0.3) is 0 Å². The van der Waals surface area contributed by atoms with Gasteiger partial charge in [0.1, 0.15) is 6.61 Å². The van der Waals surface area contributed by atoms with Crippen LogP contribution in [0.5, 0.6) is 0 Å². The fourth-order valence-electron chi connectivity index (χ4n) is 3.01. The molecule has 5 heteroatoms. The van der Waals surface area contributed by atoms with Crippen LogP contribution in [0, 0.1) is 0 Å². The first-order valence-corrected chi connectivity index (χ1v) is 8.23. The van der Waals surface area contributed by atoms with Crippen LogP contribution < -0.4 is 0 Å². The summed E-state index contributed by atoms with van der Waals surface area (Å²) in [4.78, 5) is 13.9. The third kappa shape index (κ3) is 3.79. The van der Waals surface area contributed by atoms with E-state index in [4.69, 9.17) is 4.74 Å². The van der Waals surface area contributed by atoms with E-state index in [9.17, 15) is 4.79 Å². The molecule has 23 heavy (non-hydrogen) atoms. The number of likely N-dealkylation sites (tertiary alicyclic amines) is 1. The van der Waals surface area contributed by atoms with Crippen molar-refractivity contribution < 1.29 is 9.53 Å². The van der Waals surface area contributed by atoms with Crippen molar-refractivity contribution in [3.05, 3.63) is 48.3 Å². The Balaban J connectivity index is 1.58. The Morgan fingerprint density at radius 1 is 1.26 bits per heavy atom. The van der Waals surface area contributed by atoms with Gasteiger partial charge in [-0.05, 0) is 43.4 Å². The molecule has 1 fully saturated rings. The topological polar surface area (TPSA) is 47.4 Å². The molecular formula is C18H23N3O2. The highest BCUT2D eigenvalue weighted by Gasteiger charge is 2.24. The van der Waals surface area contributed by atoms with E-state index in [0.717, 1.165) is 31.6 Å². The van der Waals surface area contributed by atoms with Crippen LogP contribution >= 0.6 is 0 Å². The first-order valence-electron chi connectivity index (χ1n) is 8.23. The number of amides is 1. The second kappa shape index (κ2) is 7.42. The SMILES string of the molecule is CCOCC(=O)N1CCC(c2cnn(-c3ccccc3)c2)CC1. The van der Waals surface area contributed by atoms with Gasteiger partial charge in [-0.3, -0.25) is 4.79 Å². The molecule has 0 spiro atoms. The maximum absolute atomic E-state index is 12.0. The van der Waals surface area contributed by atoms with Gasteiger partial charge < -0.3 is 9.64 Å². The molecule has 2 heterocycles. The summed E-state index contributed by atoms with van der Waals surface area (Å²) in [5, 5.41) is 4.47. The third-order valence-electron chi connectivity index (χ3n) is 4.37. The lowest BCUT2D eigenvalue weighted by atomic mass is 9.91. The molecule has 0 bridgehead atoms. The number of para-hydroxylation sites is 1. The van der Waals surface area contributed by atoms with Crippen LogP contribution in [0.15, 0.2) is 42.7 Å². The first kappa shape index (κ1) is 15.7. The zero-order valence-electron chi connectivity index (χ0n) is 13.5. The summed E-state index contributed by atoms with van der Waals surface area (Å²) in [5.74, 6) is 0.578. The molecule has 1 aliphatic rings.